The Labute approximate surface area is 183 Å². The molecule has 31 heavy (non-hydrogen) atoms. The predicted octanol–water partition coefficient (Wildman–Crippen LogP) is 7.02. The molecule has 0 aliphatic carbocycles. The minimum atomic E-state index is -0.732. The molecular formula is C23H25F2N3O2S. The van der Waals surface area contributed by atoms with Gasteiger partial charge >= 0.3 is 0 Å². The Balaban J connectivity index is 2.10. The van der Waals surface area contributed by atoms with Crippen LogP contribution in [-0.2, 0) is 0 Å². The second kappa shape index (κ2) is 9.96. The van der Waals surface area contributed by atoms with Crippen molar-refractivity contribution in [1.82, 2.24) is 4.57 Å². The van der Waals surface area contributed by atoms with E-state index in [4.69, 9.17) is 0 Å². The summed E-state index contributed by atoms with van der Waals surface area (Å²) in [5, 5.41) is 13.1. The molecule has 164 valence electrons. The van der Waals surface area contributed by atoms with Gasteiger partial charge in [0.2, 0.25) is 0 Å². The fourth-order valence-corrected chi connectivity index (χ4v) is 4.45. The van der Waals surface area contributed by atoms with Gasteiger partial charge in [-0.15, -0.1) is 11.3 Å². The van der Waals surface area contributed by atoms with Crippen LogP contribution in [0.1, 0.15) is 46.1 Å². The summed E-state index contributed by atoms with van der Waals surface area (Å²) >= 11 is 1.33. The number of hydrogen-bond donors (Lipinski definition) is 0. The normalized spacial score (nSPS) is 13.0. The SMILES string of the molecule is CC(C)CCCC(C)n1c(-c2cccc([N+](=O)[O-])c2)csc1=Nc1ccc(F)cc1F. The summed E-state index contributed by atoms with van der Waals surface area (Å²) in [5.41, 5.74) is 1.54. The summed E-state index contributed by atoms with van der Waals surface area (Å²) in [6.07, 6.45) is 2.98. The van der Waals surface area contributed by atoms with Crippen LogP contribution >= 0.6 is 11.3 Å². The fourth-order valence-electron chi connectivity index (χ4n) is 3.44. The smallest absolute Gasteiger partial charge is 0.270 e. The Bertz CT molecular complexity index is 1140. The van der Waals surface area contributed by atoms with Crippen LogP contribution in [0.5, 0.6) is 0 Å². The van der Waals surface area contributed by atoms with Crippen molar-refractivity contribution < 1.29 is 13.7 Å². The van der Waals surface area contributed by atoms with Crippen molar-refractivity contribution in [2.75, 3.05) is 0 Å². The monoisotopic (exact) mass is 445 g/mol. The molecule has 3 rings (SSSR count). The first kappa shape index (κ1) is 22.8. The van der Waals surface area contributed by atoms with Crippen molar-refractivity contribution in [3.8, 4) is 11.3 Å². The quantitative estimate of drug-likeness (QED) is 0.276. The first-order valence-electron chi connectivity index (χ1n) is 10.2. The summed E-state index contributed by atoms with van der Waals surface area (Å²) in [5.74, 6) is -0.799. The zero-order valence-corrected chi connectivity index (χ0v) is 18.5. The van der Waals surface area contributed by atoms with Crippen LogP contribution in [0.4, 0.5) is 20.2 Å². The van der Waals surface area contributed by atoms with E-state index in [1.165, 1.54) is 35.6 Å². The van der Waals surface area contributed by atoms with Crippen molar-refractivity contribution in [3.63, 3.8) is 0 Å². The Hall–Kier alpha value is -2.87. The molecule has 0 bridgehead atoms. The summed E-state index contributed by atoms with van der Waals surface area (Å²) in [4.78, 5) is 15.8. The molecule has 0 amide bonds. The highest BCUT2D eigenvalue weighted by Gasteiger charge is 2.17. The van der Waals surface area contributed by atoms with Crippen LogP contribution in [0.2, 0.25) is 0 Å². The fraction of sp³-hybridized carbons (Fsp3) is 0.348. The van der Waals surface area contributed by atoms with Gasteiger partial charge in [-0.05, 0) is 31.4 Å². The van der Waals surface area contributed by atoms with Crippen LogP contribution in [0.3, 0.4) is 0 Å². The first-order chi connectivity index (χ1) is 14.8. The van der Waals surface area contributed by atoms with E-state index in [1.54, 1.807) is 6.07 Å². The summed E-state index contributed by atoms with van der Waals surface area (Å²) in [6, 6.07) is 9.78. The maximum absolute atomic E-state index is 14.2. The van der Waals surface area contributed by atoms with E-state index < -0.39 is 16.6 Å². The number of nitro groups is 1. The Morgan fingerprint density at radius 1 is 1.13 bits per heavy atom. The van der Waals surface area contributed by atoms with E-state index >= 15 is 0 Å². The lowest BCUT2D eigenvalue weighted by Gasteiger charge is -2.18. The molecule has 0 radical (unpaired) electrons. The minimum Gasteiger partial charge on any atom is -0.314 e. The van der Waals surface area contributed by atoms with Gasteiger partial charge in [-0.2, -0.15) is 0 Å². The van der Waals surface area contributed by atoms with Crippen molar-refractivity contribution in [2.24, 2.45) is 10.9 Å². The molecular weight excluding hydrogens is 420 g/mol. The molecule has 3 aromatic rings. The number of hydrogen-bond acceptors (Lipinski definition) is 4. The molecule has 1 aromatic heterocycles. The van der Waals surface area contributed by atoms with Gasteiger partial charge in [-0.3, -0.25) is 10.1 Å². The standard InChI is InChI=1S/C23H25F2N3O2S/c1-15(2)6-4-7-16(3)27-22(17-8-5-9-19(12-17)28(29)30)14-31-23(27)26-21-11-10-18(24)13-20(21)25/h5,8-16H,4,6-7H2,1-3H3. The zero-order chi connectivity index (χ0) is 22.5. The predicted molar refractivity (Wildman–Crippen MR) is 119 cm³/mol. The molecule has 0 N–H and O–H groups in total. The van der Waals surface area contributed by atoms with E-state index in [0.717, 1.165) is 31.0 Å². The first-order valence-corrected chi connectivity index (χ1v) is 11.1. The minimum absolute atomic E-state index is 0.00535. The molecule has 0 aliphatic rings. The van der Waals surface area contributed by atoms with E-state index in [-0.39, 0.29) is 17.4 Å². The number of halogens is 2. The molecule has 0 saturated carbocycles. The summed E-state index contributed by atoms with van der Waals surface area (Å²) in [7, 11) is 0. The van der Waals surface area contributed by atoms with E-state index in [2.05, 4.69) is 25.8 Å². The Morgan fingerprint density at radius 3 is 2.58 bits per heavy atom. The summed E-state index contributed by atoms with van der Waals surface area (Å²) in [6.45, 7) is 6.41. The van der Waals surface area contributed by atoms with Gasteiger partial charge in [0, 0.05) is 35.2 Å². The zero-order valence-electron chi connectivity index (χ0n) is 17.7. The lowest BCUT2D eigenvalue weighted by Crippen LogP contribution is -2.20. The number of non-ortho nitro benzene ring substituents is 1. The van der Waals surface area contributed by atoms with E-state index in [9.17, 15) is 18.9 Å². The molecule has 8 heteroatoms. The third-order valence-corrected chi connectivity index (χ3v) is 5.90. The van der Waals surface area contributed by atoms with Crippen LogP contribution in [0, 0.1) is 27.7 Å². The van der Waals surface area contributed by atoms with Crippen LogP contribution in [-0.4, -0.2) is 9.49 Å². The van der Waals surface area contributed by atoms with E-state index in [0.29, 0.717) is 16.3 Å². The van der Waals surface area contributed by atoms with Crippen molar-refractivity contribution in [2.45, 2.75) is 46.1 Å². The number of nitrogens with zero attached hydrogens (tertiary/aromatic N) is 3. The number of aromatic nitrogens is 1. The number of thiazole rings is 1. The highest BCUT2D eigenvalue weighted by atomic mass is 32.1. The lowest BCUT2D eigenvalue weighted by molar-refractivity contribution is -0.384. The maximum atomic E-state index is 14.2. The highest BCUT2D eigenvalue weighted by Crippen LogP contribution is 2.29. The van der Waals surface area contributed by atoms with Crippen LogP contribution in [0.15, 0.2) is 52.8 Å². The summed E-state index contributed by atoms with van der Waals surface area (Å²) < 4.78 is 29.5. The molecule has 1 atom stereocenters. The molecule has 0 spiro atoms. The van der Waals surface area contributed by atoms with Gasteiger partial charge in [0.1, 0.15) is 11.5 Å². The molecule has 0 saturated heterocycles. The maximum Gasteiger partial charge on any atom is 0.270 e. The molecule has 1 unspecified atom stereocenters. The topological polar surface area (TPSA) is 60.4 Å². The number of rotatable bonds is 8. The Morgan fingerprint density at radius 2 is 1.90 bits per heavy atom. The number of benzene rings is 2. The highest BCUT2D eigenvalue weighted by molar-refractivity contribution is 7.07. The lowest BCUT2D eigenvalue weighted by atomic mass is 10.0. The van der Waals surface area contributed by atoms with Gasteiger partial charge in [0.15, 0.2) is 10.6 Å². The molecule has 1 heterocycles. The Kier molecular flexibility index (Phi) is 7.33. The van der Waals surface area contributed by atoms with E-state index in [1.807, 2.05) is 16.0 Å². The molecule has 0 fully saturated rings. The largest absolute Gasteiger partial charge is 0.314 e. The van der Waals surface area contributed by atoms with Crippen molar-refractivity contribution >= 4 is 22.7 Å². The van der Waals surface area contributed by atoms with Crippen molar-refractivity contribution in [3.05, 3.63) is 74.4 Å². The van der Waals surface area contributed by atoms with Crippen LogP contribution < -0.4 is 4.80 Å². The molecule has 2 aromatic carbocycles. The average Bonchev–Trinajstić information content (AvgIpc) is 3.13. The van der Waals surface area contributed by atoms with Gasteiger partial charge in [0.25, 0.3) is 5.69 Å². The third-order valence-electron chi connectivity index (χ3n) is 5.06. The molecule has 0 aliphatic heterocycles. The van der Waals surface area contributed by atoms with Crippen molar-refractivity contribution in [1.29, 1.82) is 0 Å². The average molecular weight is 446 g/mol. The van der Waals surface area contributed by atoms with Gasteiger partial charge in [-0.1, -0.05) is 38.8 Å². The van der Waals surface area contributed by atoms with Gasteiger partial charge < -0.3 is 4.57 Å². The van der Waals surface area contributed by atoms with Gasteiger partial charge in [-0.25, -0.2) is 13.8 Å². The third kappa shape index (κ3) is 5.64. The second-order valence-corrected chi connectivity index (χ2v) is 8.80. The number of nitro benzene ring substituents is 1. The van der Waals surface area contributed by atoms with Gasteiger partial charge in [0.05, 0.1) is 10.6 Å². The second-order valence-electron chi connectivity index (χ2n) is 7.96. The molecule has 5 nitrogen and oxygen atoms in total. The van der Waals surface area contributed by atoms with Crippen LogP contribution in [0.25, 0.3) is 11.3 Å².